The van der Waals surface area contributed by atoms with Crippen LogP contribution in [0.5, 0.6) is 0 Å². The third-order valence-corrected chi connectivity index (χ3v) is 6.80. The molecule has 0 radical (unpaired) electrons. The molecule has 1 fully saturated rings. The highest BCUT2D eigenvalue weighted by Gasteiger charge is 2.47. The van der Waals surface area contributed by atoms with Crippen LogP contribution in [0.25, 0.3) is 5.76 Å². The SMILES string of the molecule is Cc1c(Cl)cccc1N1C(=O)C(=O)/C(=C(/O)c2ccc([N+](=O)[O-])cc2)C1c1ccc(C(C)(C)C)cc1. The fraction of sp³-hybridized carbons (Fsp3) is 0.214. The molecule has 3 aromatic rings. The maximum atomic E-state index is 13.4. The second-order valence-electron chi connectivity index (χ2n) is 9.73. The molecule has 1 aliphatic heterocycles. The van der Waals surface area contributed by atoms with E-state index < -0.39 is 28.4 Å². The molecule has 3 aromatic carbocycles. The van der Waals surface area contributed by atoms with Crippen LogP contribution in [0.3, 0.4) is 0 Å². The number of carbonyl (C=O) groups is 2. The first-order valence-electron chi connectivity index (χ1n) is 11.3. The average molecular weight is 505 g/mol. The molecule has 36 heavy (non-hydrogen) atoms. The highest BCUT2D eigenvalue weighted by molar-refractivity contribution is 6.52. The molecule has 1 atom stereocenters. The maximum Gasteiger partial charge on any atom is 0.300 e. The van der Waals surface area contributed by atoms with Crippen molar-refractivity contribution in [1.29, 1.82) is 0 Å². The Bertz CT molecular complexity index is 1400. The Kier molecular flexibility index (Phi) is 6.45. The molecule has 8 heteroatoms. The van der Waals surface area contributed by atoms with Crippen molar-refractivity contribution in [2.24, 2.45) is 0 Å². The number of rotatable bonds is 4. The summed E-state index contributed by atoms with van der Waals surface area (Å²) < 4.78 is 0. The first-order chi connectivity index (χ1) is 16.9. The van der Waals surface area contributed by atoms with Gasteiger partial charge in [-0.25, -0.2) is 0 Å². The maximum absolute atomic E-state index is 13.4. The van der Waals surface area contributed by atoms with Gasteiger partial charge >= 0.3 is 0 Å². The number of non-ortho nitro benzene ring substituents is 1. The van der Waals surface area contributed by atoms with Crippen LogP contribution in [-0.2, 0) is 15.0 Å². The number of hydrogen-bond acceptors (Lipinski definition) is 5. The molecule has 1 aliphatic rings. The number of carbonyl (C=O) groups excluding carboxylic acids is 2. The van der Waals surface area contributed by atoms with Gasteiger partial charge in [-0.2, -0.15) is 0 Å². The Labute approximate surface area is 213 Å². The highest BCUT2D eigenvalue weighted by Crippen LogP contribution is 2.44. The average Bonchev–Trinajstić information content (AvgIpc) is 3.10. The summed E-state index contributed by atoms with van der Waals surface area (Å²) in [6.45, 7) is 8.00. The number of Topliss-reactive ketones (excluding diaryl/α,β-unsaturated/α-hetero) is 1. The van der Waals surface area contributed by atoms with Crippen molar-refractivity contribution in [3.63, 3.8) is 0 Å². The van der Waals surface area contributed by atoms with E-state index >= 15 is 0 Å². The smallest absolute Gasteiger partial charge is 0.300 e. The van der Waals surface area contributed by atoms with E-state index in [4.69, 9.17) is 11.6 Å². The summed E-state index contributed by atoms with van der Waals surface area (Å²) in [7, 11) is 0. The van der Waals surface area contributed by atoms with Crippen molar-refractivity contribution in [2.75, 3.05) is 4.90 Å². The zero-order chi connectivity index (χ0) is 26.4. The molecule has 4 rings (SSSR count). The van der Waals surface area contributed by atoms with Gasteiger partial charge in [0.25, 0.3) is 17.4 Å². The number of benzene rings is 3. The van der Waals surface area contributed by atoms with Gasteiger partial charge in [-0.1, -0.05) is 62.7 Å². The molecule has 1 N–H and O–H groups in total. The minimum absolute atomic E-state index is 0.100. The number of anilines is 1. The lowest BCUT2D eigenvalue weighted by atomic mass is 9.85. The molecular weight excluding hydrogens is 480 g/mol. The molecule has 1 heterocycles. The molecule has 0 aromatic heterocycles. The Morgan fingerprint density at radius 3 is 2.17 bits per heavy atom. The molecule has 0 saturated carbocycles. The number of nitro groups is 1. The molecular formula is C28H25ClN2O5. The zero-order valence-corrected chi connectivity index (χ0v) is 21.0. The Morgan fingerprint density at radius 2 is 1.61 bits per heavy atom. The van der Waals surface area contributed by atoms with E-state index in [-0.39, 0.29) is 22.2 Å². The van der Waals surface area contributed by atoms with Crippen LogP contribution >= 0.6 is 11.6 Å². The number of aliphatic hydroxyl groups excluding tert-OH is 1. The van der Waals surface area contributed by atoms with Gasteiger partial charge in [0.15, 0.2) is 0 Å². The summed E-state index contributed by atoms with van der Waals surface area (Å²) in [5.74, 6) is -2.06. The Balaban J connectivity index is 1.94. The first kappa shape index (κ1) is 25.1. The number of aliphatic hydroxyl groups is 1. The van der Waals surface area contributed by atoms with Crippen molar-refractivity contribution in [3.05, 3.63) is 110 Å². The summed E-state index contributed by atoms with van der Waals surface area (Å²) >= 11 is 6.34. The molecule has 0 aliphatic carbocycles. The molecule has 0 bridgehead atoms. The van der Waals surface area contributed by atoms with E-state index in [9.17, 15) is 24.8 Å². The molecule has 0 spiro atoms. The lowest BCUT2D eigenvalue weighted by Gasteiger charge is -2.28. The van der Waals surface area contributed by atoms with Crippen molar-refractivity contribution in [3.8, 4) is 0 Å². The highest BCUT2D eigenvalue weighted by atomic mass is 35.5. The minimum Gasteiger partial charge on any atom is -0.507 e. The van der Waals surface area contributed by atoms with Crippen LogP contribution in [-0.4, -0.2) is 21.7 Å². The van der Waals surface area contributed by atoms with Gasteiger partial charge in [-0.05, 0) is 53.3 Å². The van der Waals surface area contributed by atoms with Crippen molar-refractivity contribution in [1.82, 2.24) is 0 Å². The first-order valence-corrected chi connectivity index (χ1v) is 11.7. The molecule has 184 valence electrons. The molecule has 1 unspecified atom stereocenters. The lowest BCUT2D eigenvalue weighted by Crippen LogP contribution is -2.30. The van der Waals surface area contributed by atoms with Crippen LogP contribution in [0.4, 0.5) is 11.4 Å². The predicted octanol–water partition coefficient (Wildman–Crippen LogP) is 6.48. The number of amides is 1. The lowest BCUT2D eigenvalue weighted by molar-refractivity contribution is -0.384. The van der Waals surface area contributed by atoms with E-state index in [1.165, 1.54) is 29.2 Å². The topological polar surface area (TPSA) is 101 Å². The van der Waals surface area contributed by atoms with E-state index in [0.29, 0.717) is 21.8 Å². The van der Waals surface area contributed by atoms with Gasteiger partial charge in [0.05, 0.1) is 16.5 Å². The Morgan fingerprint density at radius 1 is 1.00 bits per heavy atom. The summed E-state index contributed by atoms with van der Waals surface area (Å²) in [6, 6.07) is 16.9. The van der Waals surface area contributed by atoms with Crippen LogP contribution in [0.2, 0.25) is 5.02 Å². The number of nitro benzene ring substituents is 1. The zero-order valence-electron chi connectivity index (χ0n) is 20.3. The minimum atomic E-state index is -0.925. The monoisotopic (exact) mass is 504 g/mol. The van der Waals surface area contributed by atoms with E-state index in [2.05, 4.69) is 20.8 Å². The second kappa shape index (κ2) is 9.24. The summed E-state index contributed by atoms with van der Waals surface area (Å²) in [5, 5.41) is 22.7. The van der Waals surface area contributed by atoms with Gasteiger partial charge in [0.2, 0.25) is 0 Å². The van der Waals surface area contributed by atoms with E-state index in [1.54, 1.807) is 25.1 Å². The summed E-state index contributed by atoms with van der Waals surface area (Å²) in [5.41, 5.74) is 2.60. The Hall–Kier alpha value is -3.97. The summed E-state index contributed by atoms with van der Waals surface area (Å²) in [4.78, 5) is 38.5. The van der Waals surface area contributed by atoms with Gasteiger partial charge in [0, 0.05) is 28.4 Å². The van der Waals surface area contributed by atoms with Crippen LogP contribution in [0, 0.1) is 17.0 Å². The van der Waals surface area contributed by atoms with Crippen LogP contribution in [0.15, 0.2) is 72.3 Å². The third kappa shape index (κ3) is 4.38. The predicted molar refractivity (Wildman–Crippen MR) is 139 cm³/mol. The van der Waals surface area contributed by atoms with Gasteiger partial charge < -0.3 is 5.11 Å². The van der Waals surface area contributed by atoms with Crippen molar-refractivity contribution >= 4 is 40.4 Å². The molecule has 7 nitrogen and oxygen atoms in total. The van der Waals surface area contributed by atoms with Gasteiger partial charge in [0.1, 0.15) is 5.76 Å². The van der Waals surface area contributed by atoms with Gasteiger partial charge in [-0.15, -0.1) is 0 Å². The quantitative estimate of drug-likeness (QED) is 0.144. The van der Waals surface area contributed by atoms with Gasteiger partial charge in [-0.3, -0.25) is 24.6 Å². The fourth-order valence-electron chi connectivity index (χ4n) is 4.32. The van der Waals surface area contributed by atoms with Crippen LogP contribution in [0.1, 0.15) is 49.1 Å². The number of nitrogens with zero attached hydrogens (tertiary/aromatic N) is 2. The largest absolute Gasteiger partial charge is 0.507 e. The molecule has 1 amide bonds. The van der Waals surface area contributed by atoms with Crippen molar-refractivity contribution < 1.29 is 19.6 Å². The number of hydrogen-bond donors (Lipinski definition) is 1. The van der Waals surface area contributed by atoms with E-state index in [1.807, 2.05) is 24.3 Å². The van der Waals surface area contributed by atoms with Crippen LogP contribution < -0.4 is 4.90 Å². The number of ketones is 1. The number of halogens is 1. The summed E-state index contributed by atoms with van der Waals surface area (Å²) in [6.07, 6.45) is 0. The van der Waals surface area contributed by atoms with E-state index in [0.717, 1.165) is 5.56 Å². The second-order valence-corrected chi connectivity index (χ2v) is 10.1. The third-order valence-electron chi connectivity index (χ3n) is 6.39. The standard InChI is InChI=1S/C28H25ClN2O5/c1-16-21(29)6-5-7-22(16)30-24(17-8-12-19(13-9-17)28(2,3)4)23(26(33)27(30)34)25(32)18-10-14-20(15-11-18)31(35)36/h5-15,24,32H,1-4H3/b25-23+. The molecule has 1 saturated heterocycles. The normalized spacial score (nSPS) is 17.5. The fourth-order valence-corrected chi connectivity index (χ4v) is 4.48. The van der Waals surface area contributed by atoms with Crippen molar-refractivity contribution in [2.45, 2.75) is 39.2 Å².